The molecule has 2 heterocycles. The maximum absolute atomic E-state index is 11.8. The number of aromatic amines is 1. The first kappa shape index (κ1) is 23.8. The highest BCUT2D eigenvalue weighted by molar-refractivity contribution is 8.18. The molecule has 3 N–H and O–H groups in total. The lowest BCUT2D eigenvalue weighted by atomic mass is 10.0. The topological polar surface area (TPSA) is 82.2 Å². The number of para-hydroxylation sites is 1. The van der Waals surface area contributed by atoms with Gasteiger partial charge in [-0.1, -0.05) is 48.0 Å². The lowest BCUT2D eigenvalue weighted by Gasteiger charge is -2.34. The third-order valence-electron chi connectivity index (χ3n) is 5.55. The van der Waals surface area contributed by atoms with Crippen LogP contribution in [0.2, 0.25) is 5.02 Å². The molecule has 1 atom stereocenters. The van der Waals surface area contributed by atoms with Gasteiger partial charge in [-0.3, -0.25) is 4.79 Å². The van der Waals surface area contributed by atoms with E-state index in [1.807, 2.05) is 72.1 Å². The molecule has 1 amide bonds. The second-order valence-corrected chi connectivity index (χ2v) is 11.3. The van der Waals surface area contributed by atoms with E-state index in [9.17, 15) is 14.7 Å². The molecule has 2 aromatic carbocycles. The zero-order chi connectivity index (χ0) is 23.4. The van der Waals surface area contributed by atoms with Gasteiger partial charge in [0.1, 0.15) is 10.1 Å². The van der Waals surface area contributed by atoms with Crippen molar-refractivity contribution in [2.24, 2.45) is 0 Å². The molecule has 8 heteroatoms. The minimum Gasteiger partial charge on any atom is -0.480 e. The van der Waals surface area contributed by atoms with Crippen LogP contribution in [0.25, 0.3) is 17.0 Å². The van der Waals surface area contributed by atoms with Gasteiger partial charge in [-0.25, -0.2) is 4.79 Å². The van der Waals surface area contributed by atoms with Crippen molar-refractivity contribution in [2.75, 3.05) is 11.5 Å². The molecule has 3 aromatic rings. The number of carboxylic acid groups (broad SMARTS) is 1. The largest absolute Gasteiger partial charge is 0.480 e. The zero-order valence-corrected chi connectivity index (χ0v) is 20.5. The number of rotatable bonds is 7. The predicted octanol–water partition coefficient (Wildman–Crippen LogP) is 5.69. The summed E-state index contributed by atoms with van der Waals surface area (Å²) in [7, 11) is 0. The van der Waals surface area contributed by atoms with Gasteiger partial charge >= 0.3 is 5.97 Å². The normalized spacial score (nSPS) is 16.7. The summed E-state index contributed by atoms with van der Waals surface area (Å²) in [6.45, 7) is 1.33. The highest BCUT2D eigenvalue weighted by Crippen LogP contribution is 2.52. The van der Waals surface area contributed by atoms with Crippen molar-refractivity contribution in [1.29, 1.82) is 0 Å². The number of hydrogen-bond donors (Lipinski definition) is 3. The quantitative estimate of drug-likeness (QED) is 0.388. The van der Waals surface area contributed by atoms with Gasteiger partial charge in [0.15, 0.2) is 0 Å². The van der Waals surface area contributed by atoms with Crippen LogP contribution in [-0.2, 0) is 20.1 Å². The molecule has 0 bridgehead atoms. The number of aromatic nitrogens is 1. The fraction of sp³-hybridized carbons (Fsp3) is 0.280. The Balaban J connectivity index is 1.76. The summed E-state index contributed by atoms with van der Waals surface area (Å²) in [4.78, 5) is 26.8. The van der Waals surface area contributed by atoms with Gasteiger partial charge in [0.2, 0.25) is 5.91 Å². The van der Waals surface area contributed by atoms with E-state index in [0.29, 0.717) is 5.02 Å². The molecule has 0 saturated carbocycles. The lowest BCUT2D eigenvalue weighted by molar-refractivity contribution is -0.141. The third kappa shape index (κ3) is 5.42. The number of hydrogen-bond acceptors (Lipinski definition) is 4. The van der Waals surface area contributed by atoms with Crippen LogP contribution in [-0.4, -0.2) is 39.5 Å². The number of carbonyl (C=O) groups excluding carboxylic acids is 1. The first-order valence-corrected chi connectivity index (χ1v) is 13.1. The fourth-order valence-corrected chi connectivity index (χ4v) is 7.34. The molecular weight excluding hydrogens is 476 g/mol. The molecule has 0 spiro atoms. The standard InChI is InChI=1S/C25H25ClN2O3S2/c1-16(29)27-23(24(30)31)15-20-19-8-2-3-9-21(19)28-22(20)10-11-25(32-12-5-13-33-25)17-6-4-7-18(26)14-17/h2-4,6-11,14,23,28H,5,12-13,15H2,1H3,(H,27,29)(H,30,31). The monoisotopic (exact) mass is 500 g/mol. The summed E-state index contributed by atoms with van der Waals surface area (Å²) in [6, 6.07) is 14.8. The molecule has 1 fully saturated rings. The molecule has 0 radical (unpaired) electrons. The summed E-state index contributed by atoms with van der Waals surface area (Å²) in [5.41, 5.74) is 3.79. The Kier molecular flexibility index (Phi) is 7.41. The highest BCUT2D eigenvalue weighted by Gasteiger charge is 2.33. The Bertz CT molecular complexity index is 1200. The molecule has 1 aliphatic heterocycles. The summed E-state index contributed by atoms with van der Waals surface area (Å²) >= 11 is 10.1. The molecule has 1 aromatic heterocycles. The molecule has 33 heavy (non-hydrogen) atoms. The maximum Gasteiger partial charge on any atom is 0.326 e. The fourth-order valence-electron chi connectivity index (χ4n) is 4.04. The van der Waals surface area contributed by atoms with E-state index < -0.39 is 12.0 Å². The SMILES string of the molecule is CC(=O)NC(Cc1c(C=CC2(c3cccc(Cl)c3)SCCCS2)[nH]c2ccccc12)C(=O)O. The number of amides is 1. The predicted molar refractivity (Wildman–Crippen MR) is 139 cm³/mol. The number of fused-ring (bicyclic) bond motifs is 1. The van der Waals surface area contributed by atoms with E-state index in [0.717, 1.165) is 45.7 Å². The molecule has 172 valence electrons. The van der Waals surface area contributed by atoms with E-state index in [1.165, 1.54) is 6.92 Å². The van der Waals surface area contributed by atoms with Gasteiger partial charge in [0.25, 0.3) is 0 Å². The van der Waals surface area contributed by atoms with Crippen molar-refractivity contribution in [2.45, 2.75) is 29.9 Å². The zero-order valence-electron chi connectivity index (χ0n) is 18.1. The van der Waals surface area contributed by atoms with Crippen LogP contribution in [0.4, 0.5) is 0 Å². The maximum atomic E-state index is 11.8. The van der Waals surface area contributed by atoms with Gasteiger partial charge < -0.3 is 15.4 Å². The van der Waals surface area contributed by atoms with Crippen molar-refractivity contribution in [1.82, 2.24) is 10.3 Å². The van der Waals surface area contributed by atoms with Gasteiger partial charge in [0.05, 0.1) is 0 Å². The van der Waals surface area contributed by atoms with Crippen LogP contribution in [0.5, 0.6) is 0 Å². The van der Waals surface area contributed by atoms with E-state index in [-0.39, 0.29) is 16.4 Å². The van der Waals surface area contributed by atoms with Crippen LogP contribution >= 0.6 is 35.1 Å². The second-order valence-electron chi connectivity index (χ2n) is 7.92. The van der Waals surface area contributed by atoms with Crippen LogP contribution in [0.3, 0.4) is 0 Å². The number of carboxylic acids is 1. The van der Waals surface area contributed by atoms with Crippen molar-refractivity contribution in [3.63, 3.8) is 0 Å². The minimum absolute atomic E-state index is 0.184. The number of benzene rings is 2. The second kappa shape index (κ2) is 10.3. The first-order valence-electron chi connectivity index (χ1n) is 10.7. The number of H-pyrrole nitrogens is 1. The number of nitrogens with one attached hydrogen (secondary N) is 2. The Labute approximate surface area is 206 Å². The first-order chi connectivity index (χ1) is 15.9. The average Bonchev–Trinajstić information content (AvgIpc) is 3.15. The molecule has 5 nitrogen and oxygen atoms in total. The van der Waals surface area contributed by atoms with Crippen LogP contribution < -0.4 is 5.32 Å². The van der Waals surface area contributed by atoms with Crippen LogP contribution in [0.15, 0.2) is 54.6 Å². The Hall–Kier alpha value is -2.35. The Morgan fingerprint density at radius 1 is 1.21 bits per heavy atom. The average molecular weight is 501 g/mol. The van der Waals surface area contributed by atoms with E-state index >= 15 is 0 Å². The number of halogens is 1. The van der Waals surface area contributed by atoms with Gasteiger partial charge in [0, 0.05) is 35.0 Å². The van der Waals surface area contributed by atoms with Crippen molar-refractivity contribution in [3.8, 4) is 0 Å². The smallest absolute Gasteiger partial charge is 0.326 e. The summed E-state index contributed by atoms with van der Waals surface area (Å²) in [6.07, 6.45) is 5.58. The molecule has 0 aliphatic carbocycles. The number of carbonyl (C=O) groups is 2. The summed E-state index contributed by atoms with van der Waals surface area (Å²) in [5, 5.41) is 13.9. The Morgan fingerprint density at radius 2 is 1.97 bits per heavy atom. The number of aliphatic carboxylic acids is 1. The van der Waals surface area contributed by atoms with Crippen LogP contribution in [0.1, 0.15) is 30.2 Å². The van der Waals surface area contributed by atoms with Crippen molar-refractivity contribution >= 4 is 64.0 Å². The van der Waals surface area contributed by atoms with Crippen LogP contribution in [0, 0.1) is 0 Å². The van der Waals surface area contributed by atoms with Gasteiger partial charge in [-0.2, -0.15) is 0 Å². The van der Waals surface area contributed by atoms with Gasteiger partial charge in [-0.15, -0.1) is 23.5 Å². The Morgan fingerprint density at radius 3 is 2.67 bits per heavy atom. The molecule has 1 aliphatic rings. The lowest BCUT2D eigenvalue weighted by Crippen LogP contribution is -2.41. The summed E-state index contributed by atoms with van der Waals surface area (Å²) < 4.78 is -0.276. The van der Waals surface area contributed by atoms with Gasteiger partial charge in [-0.05, 0) is 53.3 Å². The molecule has 1 saturated heterocycles. The molecule has 1 unspecified atom stereocenters. The minimum atomic E-state index is -1.06. The van der Waals surface area contributed by atoms with E-state index in [4.69, 9.17) is 11.6 Å². The molecular formula is C25H25ClN2O3S2. The van der Waals surface area contributed by atoms with E-state index in [2.05, 4.69) is 22.4 Å². The molecule has 4 rings (SSSR count). The van der Waals surface area contributed by atoms with E-state index in [1.54, 1.807) is 0 Å². The van der Waals surface area contributed by atoms with Crippen molar-refractivity contribution < 1.29 is 14.7 Å². The number of thioether (sulfide) groups is 2. The van der Waals surface area contributed by atoms with Crippen molar-refractivity contribution in [3.05, 3.63) is 76.5 Å². The summed E-state index contributed by atoms with van der Waals surface area (Å²) in [5.74, 6) is 0.675. The third-order valence-corrected chi connectivity index (χ3v) is 9.08. The highest BCUT2D eigenvalue weighted by atomic mass is 35.5.